The van der Waals surface area contributed by atoms with Crippen LogP contribution in [0.25, 0.3) is 27.7 Å². The van der Waals surface area contributed by atoms with Crippen LogP contribution >= 0.6 is 11.3 Å². The summed E-state index contributed by atoms with van der Waals surface area (Å²) in [6.45, 7) is 1.96. The van der Waals surface area contributed by atoms with E-state index in [9.17, 15) is 4.79 Å². The number of nitrogens with zero attached hydrogens (tertiary/aromatic N) is 2. The fraction of sp³-hybridized carbons (Fsp3) is 0.0952. The number of aryl methyl sites for hydroxylation is 1. The summed E-state index contributed by atoms with van der Waals surface area (Å²) >= 11 is 1.54. The predicted molar refractivity (Wildman–Crippen MR) is 106 cm³/mol. The number of aromatic nitrogens is 2. The Labute approximate surface area is 159 Å². The van der Waals surface area contributed by atoms with Crippen LogP contribution in [-0.2, 0) is 4.74 Å². The maximum absolute atomic E-state index is 12.7. The molecule has 0 N–H and O–H groups in total. The number of pyridine rings is 1. The second-order valence-corrected chi connectivity index (χ2v) is 6.84. The van der Waals surface area contributed by atoms with Crippen molar-refractivity contribution >= 4 is 34.5 Å². The minimum Gasteiger partial charge on any atom is -0.458 e. The third kappa shape index (κ3) is 3.66. The van der Waals surface area contributed by atoms with Gasteiger partial charge in [-0.25, -0.2) is 9.78 Å². The van der Waals surface area contributed by atoms with Gasteiger partial charge in [0.2, 0.25) is 0 Å². The highest BCUT2D eigenvalue weighted by atomic mass is 32.1. The van der Waals surface area contributed by atoms with E-state index in [2.05, 4.69) is 10.1 Å². The summed E-state index contributed by atoms with van der Waals surface area (Å²) in [6.07, 6.45) is 3.73. The first-order valence-corrected chi connectivity index (χ1v) is 9.30. The molecule has 27 heavy (non-hydrogen) atoms. The highest BCUT2D eigenvalue weighted by molar-refractivity contribution is 7.13. The van der Waals surface area contributed by atoms with Crippen LogP contribution in [-0.4, -0.2) is 22.7 Å². The summed E-state index contributed by atoms with van der Waals surface area (Å²) < 4.78 is 10.7. The number of benzene rings is 1. The number of ether oxygens (including phenoxy) is 1. The van der Waals surface area contributed by atoms with E-state index < -0.39 is 5.97 Å². The molecule has 0 aliphatic rings. The van der Waals surface area contributed by atoms with Crippen LogP contribution in [0.1, 0.15) is 21.6 Å². The lowest BCUT2D eigenvalue weighted by molar-refractivity contribution is 0.0552. The minimum absolute atomic E-state index is 0.177. The molecule has 0 spiro atoms. The normalized spacial score (nSPS) is 11.3. The van der Waals surface area contributed by atoms with E-state index in [1.807, 2.05) is 60.0 Å². The number of hydrogen-bond donors (Lipinski definition) is 0. The van der Waals surface area contributed by atoms with Gasteiger partial charge in [0.15, 0.2) is 0 Å². The number of fused-ring (bicyclic) bond motifs is 1. The average Bonchev–Trinajstić information content (AvgIpc) is 3.36. The van der Waals surface area contributed by atoms with Gasteiger partial charge in [-0.05, 0) is 36.1 Å². The molecule has 3 aromatic heterocycles. The molecular weight excluding hydrogens is 360 g/mol. The molecule has 0 bridgehead atoms. The van der Waals surface area contributed by atoms with Crippen molar-refractivity contribution in [1.29, 1.82) is 0 Å². The Kier molecular flexibility index (Phi) is 4.80. The van der Waals surface area contributed by atoms with Crippen molar-refractivity contribution in [2.24, 2.45) is 0 Å². The smallest absolute Gasteiger partial charge is 0.339 e. The van der Waals surface area contributed by atoms with Gasteiger partial charge < -0.3 is 9.26 Å². The van der Waals surface area contributed by atoms with Gasteiger partial charge in [-0.2, -0.15) is 0 Å². The van der Waals surface area contributed by atoms with E-state index in [1.54, 1.807) is 24.3 Å². The van der Waals surface area contributed by atoms with E-state index in [1.165, 1.54) is 0 Å². The molecule has 5 nitrogen and oxygen atoms in total. The van der Waals surface area contributed by atoms with E-state index in [-0.39, 0.29) is 6.61 Å². The fourth-order valence-corrected chi connectivity index (χ4v) is 3.44. The van der Waals surface area contributed by atoms with Gasteiger partial charge in [-0.15, -0.1) is 11.3 Å². The molecule has 134 valence electrons. The van der Waals surface area contributed by atoms with Crippen molar-refractivity contribution in [2.75, 3.05) is 6.61 Å². The standard InChI is InChI=1S/C21H16N2O3S/c1-14-19-16(21(24)25-11-5-9-15-7-3-2-4-8-15)13-17(18-10-6-12-27-18)22-20(19)26-23-14/h2-10,12-13H,11H2,1H3/b9-5+. The molecule has 0 amide bonds. The van der Waals surface area contributed by atoms with Gasteiger partial charge in [-0.3, -0.25) is 0 Å². The van der Waals surface area contributed by atoms with Crippen molar-refractivity contribution in [3.05, 3.63) is 76.8 Å². The lowest BCUT2D eigenvalue weighted by atomic mass is 10.1. The van der Waals surface area contributed by atoms with Crippen molar-refractivity contribution in [1.82, 2.24) is 10.1 Å². The Hall–Kier alpha value is -3.25. The zero-order valence-corrected chi connectivity index (χ0v) is 15.4. The molecule has 1 aromatic carbocycles. The number of rotatable bonds is 5. The van der Waals surface area contributed by atoms with Gasteiger partial charge in [0, 0.05) is 0 Å². The molecule has 4 rings (SSSR count). The molecule has 0 aliphatic carbocycles. The van der Waals surface area contributed by atoms with Gasteiger partial charge in [0.25, 0.3) is 5.71 Å². The lowest BCUT2D eigenvalue weighted by Crippen LogP contribution is -2.07. The van der Waals surface area contributed by atoms with Crippen LogP contribution in [0.4, 0.5) is 0 Å². The fourth-order valence-electron chi connectivity index (χ4n) is 2.76. The lowest BCUT2D eigenvalue weighted by Gasteiger charge is -2.05. The van der Waals surface area contributed by atoms with Crippen LogP contribution in [0.15, 0.2) is 64.5 Å². The first-order valence-electron chi connectivity index (χ1n) is 8.42. The van der Waals surface area contributed by atoms with E-state index in [0.717, 1.165) is 10.4 Å². The Morgan fingerprint density at radius 2 is 2.07 bits per heavy atom. The third-order valence-electron chi connectivity index (χ3n) is 4.03. The number of hydrogen-bond acceptors (Lipinski definition) is 6. The predicted octanol–water partition coefficient (Wildman–Crippen LogP) is 5.13. The molecule has 0 fully saturated rings. The second-order valence-electron chi connectivity index (χ2n) is 5.89. The molecule has 0 radical (unpaired) electrons. The SMILES string of the molecule is Cc1noc2nc(-c3cccs3)cc(C(=O)OC/C=C/c3ccccc3)c12. The van der Waals surface area contributed by atoms with E-state index in [4.69, 9.17) is 9.26 Å². The summed E-state index contributed by atoms with van der Waals surface area (Å²) in [6, 6.07) is 15.5. The van der Waals surface area contributed by atoms with Crippen molar-refractivity contribution in [3.8, 4) is 10.6 Å². The summed E-state index contributed by atoms with van der Waals surface area (Å²) in [7, 11) is 0. The first kappa shape index (κ1) is 17.2. The Balaban J connectivity index is 1.59. The van der Waals surface area contributed by atoms with Crippen molar-refractivity contribution in [2.45, 2.75) is 6.92 Å². The number of carbonyl (C=O) groups excluding carboxylic acids is 1. The van der Waals surface area contributed by atoms with Crippen LogP contribution < -0.4 is 0 Å². The highest BCUT2D eigenvalue weighted by Gasteiger charge is 2.20. The molecule has 0 unspecified atom stereocenters. The molecule has 0 saturated heterocycles. The maximum atomic E-state index is 12.7. The number of carbonyl (C=O) groups is 1. The largest absolute Gasteiger partial charge is 0.458 e. The number of esters is 1. The topological polar surface area (TPSA) is 65.2 Å². The van der Waals surface area contributed by atoms with Gasteiger partial charge in [-0.1, -0.05) is 47.6 Å². The second kappa shape index (κ2) is 7.55. The minimum atomic E-state index is -0.427. The summed E-state index contributed by atoms with van der Waals surface area (Å²) in [5.74, 6) is -0.427. The first-order chi connectivity index (χ1) is 13.2. The highest BCUT2D eigenvalue weighted by Crippen LogP contribution is 2.29. The Morgan fingerprint density at radius 3 is 2.85 bits per heavy atom. The van der Waals surface area contributed by atoms with Crippen molar-refractivity contribution < 1.29 is 14.1 Å². The summed E-state index contributed by atoms with van der Waals surface area (Å²) in [5.41, 5.74) is 3.08. The van der Waals surface area contributed by atoms with Crippen molar-refractivity contribution in [3.63, 3.8) is 0 Å². The van der Waals surface area contributed by atoms with E-state index >= 15 is 0 Å². The molecule has 3 heterocycles. The van der Waals surface area contributed by atoms with Crippen LogP contribution in [0.5, 0.6) is 0 Å². The Morgan fingerprint density at radius 1 is 1.22 bits per heavy atom. The molecule has 6 heteroatoms. The quantitative estimate of drug-likeness (QED) is 0.452. The van der Waals surface area contributed by atoms with Crippen LogP contribution in [0.3, 0.4) is 0 Å². The van der Waals surface area contributed by atoms with Crippen LogP contribution in [0, 0.1) is 6.92 Å². The zero-order chi connectivity index (χ0) is 18.6. The molecule has 4 aromatic rings. The zero-order valence-electron chi connectivity index (χ0n) is 14.6. The third-order valence-corrected chi connectivity index (χ3v) is 4.92. The number of thiophene rings is 1. The molecular formula is C21H16N2O3S. The summed E-state index contributed by atoms with van der Waals surface area (Å²) in [4.78, 5) is 18.1. The Bertz CT molecular complexity index is 1100. The van der Waals surface area contributed by atoms with Gasteiger partial charge in [0.1, 0.15) is 6.61 Å². The summed E-state index contributed by atoms with van der Waals surface area (Å²) in [5, 5.41) is 6.49. The van der Waals surface area contributed by atoms with E-state index in [0.29, 0.717) is 28.1 Å². The van der Waals surface area contributed by atoms with Gasteiger partial charge in [0.05, 0.1) is 27.2 Å². The van der Waals surface area contributed by atoms with Gasteiger partial charge >= 0.3 is 5.97 Å². The molecule has 0 aliphatic heterocycles. The maximum Gasteiger partial charge on any atom is 0.339 e. The molecule has 0 atom stereocenters. The molecule has 0 saturated carbocycles. The average molecular weight is 376 g/mol. The monoisotopic (exact) mass is 376 g/mol. The van der Waals surface area contributed by atoms with Crippen LogP contribution in [0.2, 0.25) is 0 Å².